The van der Waals surface area contributed by atoms with Gasteiger partial charge in [-0.3, -0.25) is 14.6 Å². The van der Waals surface area contributed by atoms with Crippen molar-refractivity contribution in [2.24, 2.45) is 5.92 Å². The van der Waals surface area contributed by atoms with Gasteiger partial charge in [-0.15, -0.1) is 0 Å². The molecular formula is C18H17F3N4O2. The number of carbonyl (C=O) groups excluding carboxylic acids is 2. The molecule has 27 heavy (non-hydrogen) atoms. The SMILES string of the molecule is Cc1cnc(NC(=O)[C@@H]2C(=O)N(C)C[C@H]2c2ccc(C(F)(F)F)cc2)cn1. The summed E-state index contributed by atoms with van der Waals surface area (Å²) in [6.07, 6.45) is -1.59. The molecule has 2 amide bonds. The van der Waals surface area contributed by atoms with Gasteiger partial charge in [0.25, 0.3) is 0 Å². The molecule has 0 bridgehead atoms. The third kappa shape index (κ3) is 3.91. The summed E-state index contributed by atoms with van der Waals surface area (Å²) in [6, 6.07) is 4.54. The third-order valence-corrected chi connectivity index (χ3v) is 4.50. The van der Waals surface area contributed by atoms with Crippen LogP contribution >= 0.6 is 0 Å². The highest BCUT2D eigenvalue weighted by Crippen LogP contribution is 2.36. The lowest BCUT2D eigenvalue weighted by Gasteiger charge is -2.17. The molecule has 1 aromatic heterocycles. The van der Waals surface area contributed by atoms with E-state index >= 15 is 0 Å². The van der Waals surface area contributed by atoms with Crippen LogP contribution in [0.2, 0.25) is 0 Å². The number of carbonyl (C=O) groups is 2. The van der Waals surface area contributed by atoms with Gasteiger partial charge in [-0.1, -0.05) is 12.1 Å². The number of benzene rings is 1. The molecule has 0 aliphatic carbocycles. The van der Waals surface area contributed by atoms with E-state index in [-0.39, 0.29) is 12.4 Å². The average Bonchev–Trinajstić information content (AvgIpc) is 2.91. The molecule has 0 spiro atoms. The first-order valence-electron chi connectivity index (χ1n) is 8.18. The van der Waals surface area contributed by atoms with Gasteiger partial charge >= 0.3 is 6.18 Å². The Kier molecular flexibility index (Phi) is 4.86. The van der Waals surface area contributed by atoms with Crippen LogP contribution in [0.15, 0.2) is 36.7 Å². The highest BCUT2D eigenvalue weighted by atomic mass is 19.4. The number of hydrogen-bond donors (Lipinski definition) is 1. The molecular weight excluding hydrogens is 361 g/mol. The van der Waals surface area contributed by atoms with Crippen molar-refractivity contribution in [3.05, 3.63) is 53.5 Å². The number of aryl methyl sites for hydroxylation is 1. The normalized spacial score (nSPS) is 20.0. The van der Waals surface area contributed by atoms with Gasteiger partial charge in [0.05, 0.1) is 23.7 Å². The molecule has 1 aliphatic heterocycles. The van der Waals surface area contributed by atoms with Crippen LogP contribution in [0.3, 0.4) is 0 Å². The van der Waals surface area contributed by atoms with Crippen LogP contribution in [-0.4, -0.2) is 40.3 Å². The molecule has 1 aliphatic rings. The number of likely N-dealkylation sites (tertiary alicyclic amines) is 1. The first-order chi connectivity index (χ1) is 12.7. The smallest absolute Gasteiger partial charge is 0.344 e. The van der Waals surface area contributed by atoms with E-state index in [4.69, 9.17) is 0 Å². The number of nitrogens with zero attached hydrogens (tertiary/aromatic N) is 3. The standard InChI is InChI=1S/C18H17F3N4O2/c1-10-7-23-14(8-22-10)24-16(26)15-13(9-25(2)17(15)27)11-3-5-12(6-4-11)18(19,20)21/h3-8,13,15H,9H2,1-2H3,(H,23,24,26)/t13-,15+/m0/s1. The lowest BCUT2D eigenvalue weighted by atomic mass is 9.87. The van der Waals surface area contributed by atoms with E-state index in [1.807, 2.05) is 0 Å². The Morgan fingerprint density at radius 2 is 1.85 bits per heavy atom. The van der Waals surface area contributed by atoms with Crippen molar-refractivity contribution in [2.45, 2.75) is 19.0 Å². The second-order valence-electron chi connectivity index (χ2n) is 6.45. The fourth-order valence-electron chi connectivity index (χ4n) is 3.07. The van der Waals surface area contributed by atoms with Gasteiger partial charge in [-0.25, -0.2) is 4.98 Å². The minimum Gasteiger partial charge on any atom is -0.344 e. The second-order valence-corrected chi connectivity index (χ2v) is 6.45. The zero-order chi connectivity index (χ0) is 19.8. The van der Waals surface area contributed by atoms with Crippen molar-refractivity contribution in [2.75, 3.05) is 18.9 Å². The van der Waals surface area contributed by atoms with Crippen LogP contribution in [0.25, 0.3) is 0 Å². The number of rotatable bonds is 3. The number of anilines is 1. The molecule has 1 aromatic carbocycles. The Bertz CT molecular complexity index is 850. The number of halogens is 3. The molecule has 142 valence electrons. The molecule has 0 saturated carbocycles. The molecule has 2 aromatic rings. The summed E-state index contributed by atoms with van der Waals surface area (Å²) in [5.74, 6) is -2.35. The molecule has 1 saturated heterocycles. The Hall–Kier alpha value is -2.97. The molecule has 3 rings (SSSR count). The second kappa shape index (κ2) is 6.98. The van der Waals surface area contributed by atoms with Gasteiger partial charge in [0.2, 0.25) is 11.8 Å². The van der Waals surface area contributed by atoms with E-state index in [1.54, 1.807) is 14.0 Å². The topological polar surface area (TPSA) is 75.2 Å². The summed E-state index contributed by atoms with van der Waals surface area (Å²) in [6.45, 7) is 1.98. The maximum absolute atomic E-state index is 12.8. The first-order valence-corrected chi connectivity index (χ1v) is 8.18. The van der Waals surface area contributed by atoms with E-state index in [0.29, 0.717) is 11.3 Å². The van der Waals surface area contributed by atoms with E-state index in [9.17, 15) is 22.8 Å². The van der Waals surface area contributed by atoms with Crippen LogP contribution in [0.4, 0.5) is 19.0 Å². The fraction of sp³-hybridized carbons (Fsp3) is 0.333. The van der Waals surface area contributed by atoms with Crippen LogP contribution in [0, 0.1) is 12.8 Å². The van der Waals surface area contributed by atoms with E-state index in [2.05, 4.69) is 15.3 Å². The lowest BCUT2D eigenvalue weighted by Crippen LogP contribution is -2.33. The molecule has 9 heteroatoms. The summed E-state index contributed by atoms with van der Waals surface area (Å²) in [4.78, 5) is 34.6. The average molecular weight is 378 g/mol. The number of amides is 2. The Labute approximate surface area is 153 Å². The first kappa shape index (κ1) is 18.8. The van der Waals surface area contributed by atoms with E-state index < -0.39 is 35.4 Å². The predicted octanol–water partition coefficient (Wildman–Crippen LogP) is 2.61. The summed E-state index contributed by atoms with van der Waals surface area (Å²) in [5.41, 5.74) is 0.392. The van der Waals surface area contributed by atoms with Crippen molar-refractivity contribution in [3.63, 3.8) is 0 Å². The number of hydrogen-bond acceptors (Lipinski definition) is 4. The van der Waals surface area contributed by atoms with Gasteiger partial charge in [-0.2, -0.15) is 13.2 Å². The lowest BCUT2D eigenvalue weighted by molar-refractivity contribution is -0.138. The van der Waals surface area contributed by atoms with Crippen LogP contribution in [0.1, 0.15) is 22.7 Å². The quantitative estimate of drug-likeness (QED) is 0.834. The summed E-state index contributed by atoms with van der Waals surface area (Å²) >= 11 is 0. The molecule has 1 N–H and O–H groups in total. The van der Waals surface area contributed by atoms with Gasteiger partial charge < -0.3 is 10.2 Å². The van der Waals surface area contributed by atoms with Crippen LogP contribution in [0.5, 0.6) is 0 Å². The maximum Gasteiger partial charge on any atom is 0.416 e. The minimum atomic E-state index is -4.44. The highest BCUT2D eigenvalue weighted by Gasteiger charge is 2.44. The van der Waals surface area contributed by atoms with Gasteiger partial charge in [0.15, 0.2) is 5.82 Å². The number of aromatic nitrogens is 2. The van der Waals surface area contributed by atoms with Gasteiger partial charge in [0.1, 0.15) is 5.92 Å². The summed E-state index contributed by atoms with van der Waals surface area (Å²) in [7, 11) is 1.55. The minimum absolute atomic E-state index is 0.208. The van der Waals surface area contributed by atoms with Gasteiger partial charge in [-0.05, 0) is 24.6 Å². The molecule has 0 unspecified atom stereocenters. The number of likely N-dealkylation sites (N-methyl/N-ethyl adjacent to an activating group) is 1. The predicted molar refractivity (Wildman–Crippen MR) is 90.7 cm³/mol. The van der Waals surface area contributed by atoms with Crippen molar-refractivity contribution >= 4 is 17.6 Å². The zero-order valence-corrected chi connectivity index (χ0v) is 14.6. The highest BCUT2D eigenvalue weighted by molar-refractivity contribution is 6.08. The summed E-state index contributed by atoms with van der Waals surface area (Å²) < 4.78 is 38.3. The molecule has 2 atom stereocenters. The number of nitrogens with one attached hydrogen (secondary N) is 1. The molecule has 2 heterocycles. The van der Waals surface area contributed by atoms with E-state index in [1.165, 1.54) is 29.4 Å². The van der Waals surface area contributed by atoms with Crippen LogP contribution < -0.4 is 5.32 Å². The zero-order valence-electron chi connectivity index (χ0n) is 14.6. The molecule has 0 radical (unpaired) electrons. The van der Waals surface area contributed by atoms with E-state index in [0.717, 1.165) is 12.1 Å². The van der Waals surface area contributed by atoms with Gasteiger partial charge in [0, 0.05) is 19.5 Å². The van der Waals surface area contributed by atoms with Crippen LogP contribution in [-0.2, 0) is 15.8 Å². The Balaban J connectivity index is 1.84. The van der Waals surface area contributed by atoms with Crippen molar-refractivity contribution in [1.29, 1.82) is 0 Å². The monoisotopic (exact) mass is 378 g/mol. The summed E-state index contributed by atoms with van der Waals surface area (Å²) in [5, 5.41) is 2.56. The van der Waals surface area contributed by atoms with Crippen molar-refractivity contribution < 1.29 is 22.8 Å². The molecule has 6 nitrogen and oxygen atoms in total. The largest absolute Gasteiger partial charge is 0.416 e. The van der Waals surface area contributed by atoms with Crippen molar-refractivity contribution in [3.8, 4) is 0 Å². The maximum atomic E-state index is 12.8. The van der Waals surface area contributed by atoms with Crippen molar-refractivity contribution in [1.82, 2.24) is 14.9 Å². The number of alkyl halides is 3. The Morgan fingerprint density at radius 3 is 2.41 bits per heavy atom. The fourth-order valence-corrected chi connectivity index (χ4v) is 3.07. The Morgan fingerprint density at radius 1 is 1.19 bits per heavy atom. The molecule has 1 fully saturated rings. The third-order valence-electron chi connectivity index (χ3n) is 4.50.